The zero-order valence-corrected chi connectivity index (χ0v) is 17.6. The van der Waals surface area contributed by atoms with Gasteiger partial charge in [-0.1, -0.05) is 0 Å². The third-order valence-corrected chi connectivity index (χ3v) is 6.41. The summed E-state index contributed by atoms with van der Waals surface area (Å²) in [6.07, 6.45) is 0. The molecule has 1 aromatic heterocycles. The molecule has 3 atom stereocenters. The molecular formula is C16H18N6O7S2. The molecule has 31 heavy (non-hydrogen) atoms. The van der Waals surface area contributed by atoms with Gasteiger partial charge in [0.25, 0.3) is 5.91 Å². The second-order valence-corrected chi connectivity index (χ2v) is 8.48. The largest absolute Gasteiger partial charge is 0.477 e. The first-order valence-corrected chi connectivity index (χ1v) is 10.6. The molecule has 13 nitrogen and oxygen atoms in total. The number of rotatable bonds is 7. The number of primary amides is 1. The molecule has 2 aliphatic heterocycles. The molecule has 2 aliphatic rings. The summed E-state index contributed by atoms with van der Waals surface area (Å²) in [5, 5.41) is 15.3. The third-order valence-electron chi connectivity index (χ3n) is 4.38. The lowest BCUT2D eigenvalue weighted by atomic mass is 10.0. The number of carbonyl (C=O) groups is 5. The van der Waals surface area contributed by atoms with Crippen LogP contribution in [0.1, 0.15) is 18.7 Å². The van der Waals surface area contributed by atoms with E-state index in [9.17, 15) is 29.1 Å². The molecule has 1 aromatic rings. The van der Waals surface area contributed by atoms with Crippen molar-refractivity contribution in [1.82, 2.24) is 20.5 Å². The van der Waals surface area contributed by atoms with Crippen molar-refractivity contribution in [3.05, 3.63) is 22.3 Å². The summed E-state index contributed by atoms with van der Waals surface area (Å²) in [6, 6.07) is -3.29. The van der Waals surface area contributed by atoms with Gasteiger partial charge in [0.2, 0.25) is 5.91 Å². The van der Waals surface area contributed by atoms with Crippen molar-refractivity contribution >= 4 is 58.0 Å². The van der Waals surface area contributed by atoms with Gasteiger partial charge in [0, 0.05) is 23.6 Å². The lowest BCUT2D eigenvalue weighted by molar-refractivity contribution is -0.151. The summed E-state index contributed by atoms with van der Waals surface area (Å²) < 4.78 is 4.87. The number of β-lactam (4-membered cyclic amide) rings is 1. The fourth-order valence-electron chi connectivity index (χ4n) is 3.07. The SMILES string of the molecule is CC(=O)OCC1=C(C(=O)O)N2C(=O)C(NC(=O)C(NC(N)=O)c3csc(N)n3)[C@H]2SC1. The monoisotopic (exact) mass is 470 g/mol. The quantitative estimate of drug-likeness (QED) is 0.236. The van der Waals surface area contributed by atoms with Crippen LogP contribution in [0.25, 0.3) is 0 Å². The number of nitrogen functional groups attached to an aromatic ring is 1. The number of nitrogens with two attached hydrogens (primary N) is 2. The number of carbonyl (C=O) groups excluding carboxylic acids is 4. The zero-order valence-electron chi connectivity index (χ0n) is 16.0. The van der Waals surface area contributed by atoms with E-state index in [1.807, 2.05) is 0 Å². The summed E-state index contributed by atoms with van der Waals surface area (Å²) in [6.45, 7) is 0.931. The first-order chi connectivity index (χ1) is 14.6. The minimum absolute atomic E-state index is 0.147. The van der Waals surface area contributed by atoms with Crippen LogP contribution in [0.2, 0.25) is 0 Å². The van der Waals surface area contributed by atoms with Crippen molar-refractivity contribution in [1.29, 1.82) is 0 Å². The zero-order chi connectivity index (χ0) is 22.9. The number of nitrogens with one attached hydrogen (secondary N) is 2. The fraction of sp³-hybridized carbons (Fsp3) is 0.375. The molecule has 1 saturated heterocycles. The average Bonchev–Trinajstić information content (AvgIpc) is 3.13. The van der Waals surface area contributed by atoms with Crippen molar-refractivity contribution in [3.63, 3.8) is 0 Å². The molecule has 3 heterocycles. The number of hydrogen-bond acceptors (Lipinski definition) is 10. The molecule has 0 radical (unpaired) electrons. The molecule has 0 aliphatic carbocycles. The summed E-state index contributed by atoms with van der Waals surface area (Å²) in [7, 11) is 0. The smallest absolute Gasteiger partial charge is 0.352 e. The number of amides is 4. The van der Waals surface area contributed by atoms with E-state index in [1.54, 1.807) is 0 Å². The van der Waals surface area contributed by atoms with Crippen LogP contribution in [0.4, 0.5) is 9.93 Å². The molecule has 0 spiro atoms. The first-order valence-electron chi connectivity index (χ1n) is 8.70. The number of esters is 1. The van der Waals surface area contributed by atoms with Crippen LogP contribution in [0.15, 0.2) is 16.7 Å². The van der Waals surface area contributed by atoms with E-state index in [4.69, 9.17) is 16.2 Å². The topological polar surface area (TPSA) is 207 Å². The predicted octanol–water partition coefficient (Wildman–Crippen LogP) is -1.26. The number of carboxylic acids is 1. The second-order valence-electron chi connectivity index (χ2n) is 6.49. The van der Waals surface area contributed by atoms with E-state index in [0.717, 1.165) is 16.2 Å². The first kappa shape index (κ1) is 22.4. The van der Waals surface area contributed by atoms with E-state index in [0.29, 0.717) is 0 Å². The lowest BCUT2D eigenvalue weighted by Gasteiger charge is -2.49. The summed E-state index contributed by atoms with van der Waals surface area (Å²) in [5.41, 5.74) is 10.8. The van der Waals surface area contributed by atoms with Gasteiger partial charge >= 0.3 is 18.0 Å². The van der Waals surface area contributed by atoms with Crippen molar-refractivity contribution in [2.45, 2.75) is 24.4 Å². The van der Waals surface area contributed by atoms with Gasteiger partial charge in [-0.3, -0.25) is 19.3 Å². The van der Waals surface area contributed by atoms with Crippen LogP contribution >= 0.6 is 23.1 Å². The normalized spacial score (nSPS) is 20.9. The number of aromatic nitrogens is 1. The van der Waals surface area contributed by atoms with E-state index in [1.165, 1.54) is 24.1 Å². The number of anilines is 1. The number of ether oxygens (including phenoxy) is 1. The molecule has 1 fully saturated rings. The van der Waals surface area contributed by atoms with Gasteiger partial charge in [-0.2, -0.15) is 0 Å². The molecule has 3 rings (SSSR count). The van der Waals surface area contributed by atoms with Crippen molar-refractivity contribution < 1.29 is 33.8 Å². The third kappa shape index (κ3) is 4.56. The predicted molar refractivity (Wildman–Crippen MR) is 108 cm³/mol. The van der Waals surface area contributed by atoms with Crippen LogP contribution in [0, 0.1) is 0 Å². The average molecular weight is 470 g/mol. The number of hydrogen-bond donors (Lipinski definition) is 5. The van der Waals surface area contributed by atoms with E-state index < -0.39 is 47.2 Å². The molecule has 0 saturated carbocycles. The summed E-state index contributed by atoms with van der Waals surface area (Å²) in [4.78, 5) is 64.5. The van der Waals surface area contributed by atoms with Gasteiger partial charge in [-0.05, 0) is 0 Å². The van der Waals surface area contributed by atoms with E-state index >= 15 is 0 Å². The lowest BCUT2D eigenvalue weighted by Crippen LogP contribution is -2.71. The number of aliphatic carboxylic acids is 1. The van der Waals surface area contributed by atoms with Gasteiger partial charge in [-0.25, -0.2) is 14.6 Å². The van der Waals surface area contributed by atoms with Crippen molar-refractivity contribution in [2.24, 2.45) is 5.73 Å². The second kappa shape index (κ2) is 8.81. The standard InChI is InChI=1S/C16H18N6O7S2/c1-5(23)29-2-6-3-30-13-9(12(25)22(13)10(6)14(26)27)20-11(24)8(21-15(17)28)7-4-31-16(18)19-7/h4,8-9,13H,2-3H2,1H3,(H2,18,19)(H,20,24)(H,26,27)(H3,17,21,28)/t8?,9?,13-/m1/s1. The number of thioether (sulfide) groups is 1. The minimum atomic E-state index is -1.35. The van der Waals surface area contributed by atoms with Crippen LogP contribution in [0.3, 0.4) is 0 Å². The molecule has 0 bridgehead atoms. The van der Waals surface area contributed by atoms with Gasteiger partial charge in [-0.15, -0.1) is 23.1 Å². The van der Waals surface area contributed by atoms with Crippen LogP contribution in [-0.4, -0.2) is 68.5 Å². The highest BCUT2D eigenvalue weighted by atomic mass is 32.2. The van der Waals surface area contributed by atoms with Crippen LogP contribution in [0.5, 0.6) is 0 Å². The van der Waals surface area contributed by atoms with Crippen molar-refractivity contribution in [3.8, 4) is 0 Å². The Bertz CT molecular complexity index is 993. The number of fused-ring (bicyclic) bond motifs is 1. The van der Waals surface area contributed by atoms with Gasteiger partial charge < -0.3 is 31.9 Å². The molecular weight excluding hydrogens is 452 g/mol. The Kier molecular flexibility index (Phi) is 6.35. The Morgan fingerprint density at radius 3 is 2.68 bits per heavy atom. The van der Waals surface area contributed by atoms with E-state index in [2.05, 4.69) is 15.6 Å². The molecule has 166 valence electrons. The highest BCUT2D eigenvalue weighted by Crippen LogP contribution is 2.40. The Morgan fingerprint density at radius 1 is 1.42 bits per heavy atom. The molecule has 2 unspecified atom stereocenters. The molecule has 7 N–H and O–H groups in total. The Hall–Kier alpha value is -3.33. The Morgan fingerprint density at radius 2 is 2.13 bits per heavy atom. The maximum Gasteiger partial charge on any atom is 0.352 e. The maximum absolute atomic E-state index is 12.7. The summed E-state index contributed by atoms with van der Waals surface area (Å²) in [5.74, 6) is -3.16. The molecule has 0 aromatic carbocycles. The molecule has 15 heteroatoms. The highest BCUT2D eigenvalue weighted by molar-refractivity contribution is 8.00. The molecule has 4 amide bonds. The Labute approximate surface area is 183 Å². The van der Waals surface area contributed by atoms with Crippen LogP contribution < -0.4 is 22.1 Å². The van der Waals surface area contributed by atoms with Crippen molar-refractivity contribution in [2.75, 3.05) is 18.1 Å². The van der Waals surface area contributed by atoms with E-state index in [-0.39, 0.29) is 34.5 Å². The highest BCUT2D eigenvalue weighted by Gasteiger charge is 2.54. The number of thiazole rings is 1. The van der Waals surface area contributed by atoms with Gasteiger partial charge in [0.1, 0.15) is 23.7 Å². The van der Waals surface area contributed by atoms with Gasteiger partial charge in [0.15, 0.2) is 11.2 Å². The minimum Gasteiger partial charge on any atom is -0.477 e. The number of urea groups is 1. The fourth-order valence-corrected chi connectivity index (χ4v) is 4.98. The number of carboxylic acid groups (broad SMARTS) is 1. The summed E-state index contributed by atoms with van der Waals surface area (Å²) >= 11 is 2.26. The Balaban J connectivity index is 1.77. The maximum atomic E-state index is 12.7. The number of nitrogens with zero attached hydrogens (tertiary/aromatic N) is 2. The van der Waals surface area contributed by atoms with Gasteiger partial charge in [0.05, 0.1) is 5.69 Å². The van der Waals surface area contributed by atoms with Crippen LogP contribution in [-0.2, 0) is 23.9 Å².